The molecule has 4 heteroatoms. The summed E-state index contributed by atoms with van der Waals surface area (Å²) in [6, 6.07) is 12.3. The van der Waals surface area contributed by atoms with Crippen molar-refractivity contribution in [2.75, 3.05) is 0 Å². The van der Waals surface area contributed by atoms with Crippen molar-refractivity contribution in [2.24, 2.45) is 4.99 Å². The molecule has 2 aromatic heterocycles. The second-order valence-electron chi connectivity index (χ2n) is 7.02. The number of aromatic amines is 2. The Bertz CT molecular complexity index is 1170. The zero-order chi connectivity index (χ0) is 18.3. The Balaban J connectivity index is 1.92. The highest BCUT2D eigenvalue weighted by Gasteiger charge is 2.08. The van der Waals surface area contributed by atoms with E-state index in [-0.39, 0.29) is 6.10 Å². The lowest BCUT2D eigenvalue weighted by molar-refractivity contribution is 0.240. The van der Waals surface area contributed by atoms with Crippen LogP contribution in [0.4, 0.5) is 0 Å². The van der Waals surface area contributed by atoms with Gasteiger partial charge in [-0.25, -0.2) is 4.99 Å². The maximum atomic E-state index is 6.04. The van der Waals surface area contributed by atoms with Crippen molar-refractivity contribution < 1.29 is 4.74 Å². The number of aromatic nitrogens is 2. The molecule has 1 aromatic carbocycles. The van der Waals surface area contributed by atoms with Crippen LogP contribution in [0.3, 0.4) is 0 Å². The molecule has 132 valence electrons. The summed E-state index contributed by atoms with van der Waals surface area (Å²) < 4.78 is 6.04. The van der Waals surface area contributed by atoms with E-state index in [1.807, 2.05) is 38.1 Å². The van der Waals surface area contributed by atoms with Crippen molar-refractivity contribution in [3.05, 3.63) is 74.6 Å². The number of nitrogens with one attached hydrogen (secondary N) is 2. The molecule has 0 radical (unpaired) electrons. The standard InChI is InChI=1S/C22H23N3O/c1-13(2)26-22-12-20(19-10-16-7-5-6-8-17(16)24-19)25-21(22)11-18-14(3)9-15(4)23-18/h5-13,23,25H,1-4H3/b20-19-,21-11-. The minimum Gasteiger partial charge on any atom is -0.489 e. The topological polar surface area (TPSA) is 53.2 Å². The van der Waals surface area contributed by atoms with Gasteiger partial charge in [-0.2, -0.15) is 0 Å². The Labute approximate surface area is 152 Å². The van der Waals surface area contributed by atoms with E-state index in [1.165, 1.54) is 5.56 Å². The predicted molar refractivity (Wildman–Crippen MR) is 105 cm³/mol. The van der Waals surface area contributed by atoms with Gasteiger partial charge in [0.05, 0.1) is 27.9 Å². The largest absolute Gasteiger partial charge is 0.489 e. The van der Waals surface area contributed by atoms with Crippen molar-refractivity contribution in [1.82, 2.24) is 9.97 Å². The number of hydrogen-bond acceptors (Lipinski definition) is 2. The first-order valence-corrected chi connectivity index (χ1v) is 8.93. The molecule has 0 saturated carbocycles. The van der Waals surface area contributed by atoms with E-state index < -0.39 is 0 Å². The minimum absolute atomic E-state index is 0.101. The second kappa shape index (κ2) is 6.37. The van der Waals surface area contributed by atoms with Crippen LogP contribution in [0, 0.1) is 13.8 Å². The van der Waals surface area contributed by atoms with Gasteiger partial charge in [-0.1, -0.05) is 18.2 Å². The lowest BCUT2D eigenvalue weighted by atomic mass is 10.2. The molecule has 3 aromatic rings. The SMILES string of the molecule is Cc1cc(C)c(/C=c2\[nH]/c(=C3/C=c4ccccc4=N3)cc2OC(C)C)[nH]1. The lowest BCUT2D eigenvalue weighted by Gasteiger charge is -2.06. The fraction of sp³-hybridized carbons (Fsp3) is 0.227. The van der Waals surface area contributed by atoms with Gasteiger partial charge in [-0.3, -0.25) is 0 Å². The van der Waals surface area contributed by atoms with Gasteiger partial charge in [0.25, 0.3) is 0 Å². The molecule has 2 N–H and O–H groups in total. The maximum Gasteiger partial charge on any atom is 0.145 e. The molecule has 0 fully saturated rings. The molecule has 0 aliphatic carbocycles. The van der Waals surface area contributed by atoms with Crippen LogP contribution in [0.15, 0.2) is 41.4 Å². The fourth-order valence-electron chi connectivity index (χ4n) is 3.25. The molecule has 4 nitrogen and oxygen atoms in total. The van der Waals surface area contributed by atoms with E-state index in [0.29, 0.717) is 0 Å². The summed E-state index contributed by atoms with van der Waals surface area (Å²) in [6.07, 6.45) is 4.31. The summed E-state index contributed by atoms with van der Waals surface area (Å²) in [5.41, 5.74) is 4.38. The van der Waals surface area contributed by atoms with E-state index in [1.54, 1.807) is 0 Å². The Morgan fingerprint density at radius 3 is 2.58 bits per heavy atom. The molecule has 26 heavy (non-hydrogen) atoms. The number of para-hydroxylation sites is 1. The molecular formula is C22H23N3O. The van der Waals surface area contributed by atoms with E-state index in [9.17, 15) is 0 Å². The van der Waals surface area contributed by atoms with Gasteiger partial charge in [0.1, 0.15) is 5.75 Å². The number of H-pyrrole nitrogens is 2. The molecular weight excluding hydrogens is 322 g/mol. The summed E-state index contributed by atoms with van der Waals surface area (Å²) >= 11 is 0. The maximum absolute atomic E-state index is 6.04. The third-order valence-corrected chi connectivity index (χ3v) is 4.40. The van der Waals surface area contributed by atoms with Crippen LogP contribution in [-0.4, -0.2) is 16.1 Å². The summed E-state index contributed by atoms with van der Waals surface area (Å²) in [5, 5.41) is 4.06. The molecule has 0 bridgehead atoms. The summed E-state index contributed by atoms with van der Waals surface area (Å²) in [7, 11) is 0. The van der Waals surface area contributed by atoms with Crippen LogP contribution in [-0.2, 0) is 0 Å². The van der Waals surface area contributed by atoms with Gasteiger partial charge in [-0.15, -0.1) is 0 Å². The van der Waals surface area contributed by atoms with Gasteiger partial charge >= 0.3 is 0 Å². The summed E-state index contributed by atoms with van der Waals surface area (Å²) in [6.45, 7) is 8.24. The van der Waals surface area contributed by atoms with Crippen molar-refractivity contribution in [2.45, 2.75) is 33.8 Å². The number of nitrogens with zero attached hydrogens (tertiary/aromatic N) is 1. The Morgan fingerprint density at radius 2 is 1.88 bits per heavy atom. The van der Waals surface area contributed by atoms with Crippen molar-refractivity contribution in [3.63, 3.8) is 0 Å². The highest BCUT2D eigenvalue weighted by Crippen LogP contribution is 2.11. The highest BCUT2D eigenvalue weighted by atomic mass is 16.5. The van der Waals surface area contributed by atoms with Gasteiger partial charge in [0, 0.05) is 22.7 Å². The van der Waals surface area contributed by atoms with E-state index in [0.717, 1.165) is 44.1 Å². The highest BCUT2D eigenvalue weighted by molar-refractivity contribution is 5.76. The summed E-state index contributed by atoms with van der Waals surface area (Å²) in [5.74, 6) is 0.841. The smallest absolute Gasteiger partial charge is 0.145 e. The van der Waals surface area contributed by atoms with Crippen molar-refractivity contribution in [1.29, 1.82) is 0 Å². The molecule has 4 rings (SSSR count). The third kappa shape index (κ3) is 3.10. The first-order chi connectivity index (χ1) is 12.5. The minimum atomic E-state index is 0.101. The van der Waals surface area contributed by atoms with Gasteiger partial charge in [-0.05, 0) is 57.5 Å². The third-order valence-electron chi connectivity index (χ3n) is 4.40. The number of aryl methyl sites for hydroxylation is 2. The van der Waals surface area contributed by atoms with Gasteiger partial charge in [0.2, 0.25) is 0 Å². The zero-order valence-electron chi connectivity index (χ0n) is 15.6. The van der Waals surface area contributed by atoms with Crippen LogP contribution in [0.5, 0.6) is 5.75 Å². The van der Waals surface area contributed by atoms with Crippen LogP contribution >= 0.6 is 0 Å². The van der Waals surface area contributed by atoms with Crippen LogP contribution in [0.25, 0.3) is 17.8 Å². The molecule has 3 heterocycles. The first-order valence-electron chi connectivity index (χ1n) is 8.93. The zero-order valence-corrected chi connectivity index (χ0v) is 15.6. The van der Waals surface area contributed by atoms with Gasteiger partial charge < -0.3 is 14.7 Å². The number of hydrogen-bond donors (Lipinski definition) is 2. The van der Waals surface area contributed by atoms with Crippen LogP contribution in [0.1, 0.15) is 30.8 Å². The molecule has 0 spiro atoms. The molecule has 0 saturated heterocycles. The lowest BCUT2D eigenvalue weighted by Crippen LogP contribution is -2.19. The van der Waals surface area contributed by atoms with E-state index in [2.05, 4.69) is 48.1 Å². The van der Waals surface area contributed by atoms with Crippen LogP contribution < -0.4 is 26.0 Å². The quantitative estimate of drug-likeness (QED) is 0.747. The fourth-order valence-corrected chi connectivity index (χ4v) is 3.25. The average Bonchev–Trinajstić information content (AvgIpc) is 3.25. The molecule has 1 aliphatic heterocycles. The van der Waals surface area contributed by atoms with E-state index >= 15 is 0 Å². The predicted octanol–water partition coefficient (Wildman–Crippen LogP) is 1.80. The van der Waals surface area contributed by atoms with E-state index in [4.69, 9.17) is 9.73 Å². The molecule has 0 amide bonds. The second-order valence-corrected chi connectivity index (χ2v) is 7.02. The Morgan fingerprint density at radius 1 is 1.08 bits per heavy atom. The normalized spacial score (nSPS) is 15.8. The monoisotopic (exact) mass is 345 g/mol. The number of rotatable bonds is 3. The Hall–Kier alpha value is -3.01. The van der Waals surface area contributed by atoms with Crippen LogP contribution in [0.2, 0.25) is 0 Å². The molecule has 0 unspecified atom stereocenters. The molecule has 0 atom stereocenters. The Kier molecular flexibility index (Phi) is 4.03. The van der Waals surface area contributed by atoms with Crippen molar-refractivity contribution in [3.8, 4) is 5.75 Å². The number of ether oxygens (including phenoxy) is 1. The number of benzene rings is 1. The molecule has 1 aliphatic rings. The summed E-state index contributed by atoms with van der Waals surface area (Å²) in [4.78, 5) is 11.6. The van der Waals surface area contributed by atoms with Crippen molar-refractivity contribution >= 4 is 17.8 Å². The number of fused-ring (bicyclic) bond motifs is 1. The van der Waals surface area contributed by atoms with Gasteiger partial charge in [0.15, 0.2) is 0 Å². The average molecular weight is 345 g/mol. The first kappa shape index (κ1) is 16.5.